The Morgan fingerprint density at radius 1 is 1.06 bits per heavy atom. The van der Waals surface area contributed by atoms with Gasteiger partial charge < -0.3 is 9.64 Å². The van der Waals surface area contributed by atoms with Crippen LogP contribution < -0.4 is 10.2 Å². The Hall–Kier alpha value is -1.74. The Kier molecular flexibility index (Phi) is 2.61. The molecule has 0 amide bonds. The predicted octanol–water partition coefficient (Wildman–Crippen LogP) is 2.81. The number of benzene rings is 2. The van der Waals surface area contributed by atoms with Crippen LogP contribution in [0, 0.1) is 0 Å². The molecule has 81 valence electrons. The maximum absolute atomic E-state index is 5.83. The van der Waals surface area contributed by atoms with E-state index >= 15 is 0 Å². The van der Waals surface area contributed by atoms with E-state index in [0.29, 0.717) is 5.02 Å². The summed E-state index contributed by atoms with van der Waals surface area (Å²) in [5.41, 5.74) is 2.10. The molecule has 0 N–H and O–H groups in total. The van der Waals surface area contributed by atoms with Gasteiger partial charge in [0.05, 0.1) is 0 Å². The summed E-state index contributed by atoms with van der Waals surface area (Å²) in [5.74, 6) is 1.57. The second-order valence-electron chi connectivity index (χ2n) is 3.72. The maximum atomic E-state index is 5.83. The molecule has 0 unspecified atom stereocenters. The van der Waals surface area contributed by atoms with Crippen LogP contribution in [0.4, 0.5) is 0 Å². The van der Waals surface area contributed by atoms with Gasteiger partial charge in [-0.2, -0.15) is 0 Å². The third kappa shape index (κ3) is 2.06. The van der Waals surface area contributed by atoms with Gasteiger partial charge in [-0.05, 0) is 35.8 Å². The van der Waals surface area contributed by atoms with Gasteiger partial charge in [0.1, 0.15) is 11.5 Å². The molecule has 2 aromatic rings. The number of hydrogen-bond acceptors (Lipinski definition) is 2. The lowest BCUT2D eigenvalue weighted by atomic mass is 9.84. The molecular formula is C13H8BClNO. The number of fused-ring (bicyclic) bond motifs is 1. The zero-order valence-corrected chi connectivity index (χ0v) is 9.69. The number of rotatable bonds is 2. The molecule has 0 fully saturated rings. The molecule has 3 rings (SSSR count). The van der Waals surface area contributed by atoms with E-state index in [1.54, 1.807) is 18.3 Å². The molecule has 1 radical (unpaired) electrons. The van der Waals surface area contributed by atoms with E-state index in [1.165, 1.54) is 0 Å². The van der Waals surface area contributed by atoms with Gasteiger partial charge in [-0.15, -0.1) is 0 Å². The predicted molar refractivity (Wildman–Crippen MR) is 71.0 cm³/mol. The van der Waals surface area contributed by atoms with Gasteiger partial charge in [-0.25, -0.2) is 0 Å². The van der Waals surface area contributed by atoms with Crippen molar-refractivity contribution in [1.29, 1.82) is 0 Å². The summed E-state index contributed by atoms with van der Waals surface area (Å²) in [6, 6.07) is 13.2. The number of hydrogen-bond donors (Lipinski definition) is 0. The van der Waals surface area contributed by atoms with Gasteiger partial charge in [0, 0.05) is 16.8 Å². The summed E-state index contributed by atoms with van der Waals surface area (Å²) >= 11 is 5.83. The van der Waals surface area contributed by atoms with E-state index in [1.807, 2.05) is 37.7 Å². The molecule has 0 saturated carbocycles. The molecular weight excluding hydrogens is 232 g/mol. The van der Waals surface area contributed by atoms with Crippen LogP contribution in [0.15, 0.2) is 47.4 Å². The molecule has 2 nitrogen and oxygen atoms in total. The summed E-state index contributed by atoms with van der Waals surface area (Å²) in [6.45, 7) is 0. The first-order chi connectivity index (χ1) is 8.33. The Morgan fingerprint density at radius 3 is 2.71 bits per heavy atom. The van der Waals surface area contributed by atoms with Crippen molar-refractivity contribution >= 4 is 30.7 Å². The van der Waals surface area contributed by atoms with E-state index in [4.69, 9.17) is 16.3 Å². The van der Waals surface area contributed by atoms with Crippen molar-refractivity contribution in [1.82, 2.24) is 0 Å². The highest BCUT2D eigenvalue weighted by Gasteiger charge is 2.13. The van der Waals surface area contributed by atoms with Gasteiger partial charge in [-0.1, -0.05) is 23.7 Å². The van der Waals surface area contributed by atoms with Gasteiger partial charge in [0.25, 0.3) is 0 Å². The summed E-state index contributed by atoms with van der Waals surface area (Å²) < 4.78 is 5.81. The SMILES string of the molecule is Clc1ccc(Oc2cccc3c2C=N[B]3)cc1. The molecule has 0 atom stereocenters. The molecule has 0 saturated heterocycles. The van der Waals surface area contributed by atoms with E-state index < -0.39 is 0 Å². The van der Waals surface area contributed by atoms with Crippen LogP contribution in [0.5, 0.6) is 11.5 Å². The fraction of sp³-hybridized carbons (Fsp3) is 0. The van der Waals surface area contributed by atoms with Crippen molar-refractivity contribution in [3.8, 4) is 11.5 Å². The third-order valence-corrected chi connectivity index (χ3v) is 2.81. The molecule has 0 aromatic heterocycles. The van der Waals surface area contributed by atoms with Gasteiger partial charge in [0.2, 0.25) is 0 Å². The molecule has 0 aliphatic carbocycles. The minimum Gasteiger partial charge on any atom is -0.457 e. The summed E-state index contributed by atoms with van der Waals surface area (Å²) in [6.07, 6.45) is 1.81. The highest BCUT2D eigenvalue weighted by Crippen LogP contribution is 2.25. The minimum absolute atomic E-state index is 0.700. The maximum Gasteiger partial charge on any atom is 0.312 e. The fourth-order valence-corrected chi connectivity index (χ4v) is 1.85. The summed E-state index contributed by atoms with van der Waals surface area (Å²) in [5, 5.41) is 0.700. The lowest BCUT2D eigenvalue weighted by Crippen LogP contribution is -2.11. The fourth-order valence-electron chi connectivity index (χ4n) is 1.72. The quantitative estimate of drug-likeness (QED) is 0.740. The molecule has 1 aliphatic heterocycles. The Balaban J connectivity index is 1.93. The van der Waals surface area contributed by atoms with Crippen LogP contribution >= 0.6 is 11.6 Å². The topological polar surface area (TPSA) is 21.6 Å². The van der Waals surface area contributed by atoms with Crippen molar-refractivity contribution in [3.05, 3.63) is 53.1 Å². The number of ether oxygens (including phenoxy) is 1. The van der Waals surface area contributed by atoms with Crippen molar-refractivity contribution in [2.45, 2.75) is 0 Å². The smallest absolute Gasteiger partial charge is 0.312 e. The van der Waals surface area contributed by atoms with Crippen molar-refractivity contribution < 1.29 is 4.74 Å². The first kappa shape index (κ1) is 10.4. The summed E-state index contributed by atoms with van der Waals surface area (Å²) in [7, 11) is 1.82. The molecule has 0 bridgehead atoms. The van der Waals surface area contributed by atoms with Crippen LogP contribution in [-0.4, -0.2) is 13.6 Å². The first-order valence-corrected chi connectivity index (χ1v) is 5.63. The Morgan fingerprint density at radius 2 is 1.88 bits per heavy atom. The second kappa shape index (κ2) is 4.26. The molecule has 2 aromatic carbocycles. The molecule has 1 heterocycles. The van der Waals surface area contributed by atoms with E-state index in [-0.39, 0.29) is 0 Å². The summed E-state index contributed by atoms with van der Waals surface area (Å²) in [4.78, 5) is 4.12. The second-order valence-corrected chi connectivity index (χ2v) is 4.16. The highest BCUT2D eigenvalue weighted by atomic mass is 35.5. The largest absolute Gasteiger partial charge is 0.457 e. The average molecular weight is 240 g/mol. The monoisotopic (exact) mass is 240 g/mol. The van der Waals surface area contributed by atoms with E-state index in [0.717, 1.165) is 22.5 Å². The van der Waals surface area contributed by atoms with Crippen molar-refractivity contribution in [3.63, 3.8) is 0 Å². The lowest BCUT2D eigenvalue weighted by molar-refractivity contribution is 0.482. The van der Waals surface area contributed by atoms with E-state index in [2.05, 4.69) is 4.90 Å². The van der Waals surface area contributed by atoms with Gasteiger partial charge in [-0.3, -0.25) is 0 Å². The Labute approximate surface area is 105 Å². The van der Waals surface area contributed by atoms with Crippen LogP contribution in [0.25, 0.3) is 0 Å². The average Bonchev–Trinajstić information content (AvgIpc) is 2.81. The number of halogens is 1. The van der Waals surface area contributed by atoms with Crippen LogP contribution in [0.2, 0.25) is 5.02 Å². The lowest BCUT2D eigenvalue weighted by Gasteiger charge is -2.09. The Bertz CT molecular complexity index is 580. The van der Waals surface area contributed by atoms with Crippen molar-refractivity contribution in [2.75, 3.05) is 0 Å². The van der Waals surface area contributed by atoms with Gasteiger partial charge >= 0.3 is 7.41 Å². The van der Waals surface area contributed by atoms with E-state index in [9.17, 15) is 0 Å². The van der Waals surface area contributed by atoms with Crippen LogP contribution in [-0.2, 0) is 0 Å². The van der Waals surface area contributed by atoms with Crippen LogP contribution in [0.3, 0.4) is 0 Å². The zero-order valence-electron chi connectivity index (χ0n) is 8.93. The highest BCUT2D eigenvalue weighted by molar-refractivity contribution is 6.58. The normalized spacial score (nSPS) is 12.1. The zero-order chi connectivity index (χ0) is 11.7. The third-order valence-electron chi connectivity index (χ3n) is 2.56. The molecule has 1 aliphatic rings. The number of nitrogens with zero attached hydrogens (tertiary/aromatic N) is 1. The van der Waals surface area contributed by atoms with Crippen molar-refractivity contribution in [2.24, 2.45) is 4.90 Å². The molecule has 0 spiro atoms. The first-order valence-electron chi connectivity index (χ1n) is 5.26. The standard InChI is InChI=1S/C13H8BClNO/c15-9-4-6-10(7-5-9)17-13-3-1-2-12-11(13)8-16-14-12/h1-8H. The van der Waals surface area contributed by atoms with Crippen LogP contribution in [0.1, 0.15) is 5.56 Å². The van der Waals surface area contributed by atoms with Gasteiger partial charge in [0.15, 0.2) is 0 Å². The molecule has 17 heavy (non-hydrogen) atoms. The molecule has 4 heteroatoms. The minimum atomic E-state index is 0.700.